The molecule has 0 atom stereocenters. The minimum absolute atomic E-state index is 0. The normalized spacial score (nSPS) is 10.9. The molecule has 0 aliphatic carbocycles. The Morgan fingerprint density at radius 2 is 1.90 bits per heavy atom. The Morgan fingerprint density at radius 3 is 2.59 bits per heavy atom. The second kappa shape index (κ2) is 11.2. The summed E-state index contributed by atoms with van der Waals surface area (Å²) in [5.41, 5.74) is 1.65. The smallest absolute Gasteiger partial charge is 0.260 e. The van der Waals surface area contributed by atoms with E-state index in [1.165, 1.54) is 4.90 Å². The molecule has 29 heavy (non-hydrogen) atoms. The van der Waals surface area contributed by atoms with Crippen LogP contribution < -0.4 is 4.90 Å². The molecular formula is C21H26ClN3OS3. The molecule has 2 aromatic carbocycles. The number of amides is 1. The Bertz CT molecular complexity index is 961. The Hall–Kier alpha value is -1.25. The second-order valence-electron chi connectivity index (χ2n) is 6.55. The lowest BCUT2D eigenvalue weighted by molar-refractivity contribution is 0.0985. The van der Waals surface area contributed by atoms with E-state index in [0.29, 0.717) is 12.1 Å². The van der Waals surface area contributed by atoms with E-state index in [9.17, 15) is 4.79 Å². The molecule has 0 unspecified atom stereocenters. The summed E-state index contributed by atoms with van der Waals surface area (Å²) < 4.78 is 1.11. The fourth-order valence-electron chi connectivity index (χ4n) is 2.76. The summed E-state index contributed by atoms with van der Waals surface area (Å²) in [6.07, 6.45) is 2.07. The third-order valence-electron chi connectivity index (χ3n) is 4.22. The van der Waals surface area contributed by atoms with Crippen molar-refractivity contribution in [3.8, 4) is 0 Å². The molecule has 1 aromatic heterocycles. The van der Waals surface area contributed by atoms with E-state index in [4.69, 9.17) is 4.98 Å². The Kier molecular flexibility index (Phi) is 9.30. The number of carbonyl (C=O) groups excluding carboxylic acids is 1. The Morgan fingerprint density at radius 1 is 1.10 bits per heavy atom. The van der Waals surface area contributed by atoms with E-state index in [2.05, 4.69) is 36.3 Å². The molecule has 3 rings (SSSR count). The SMILES string of the molecule is CCSc1cccc(C(=O)N(CCN(C)C)c2nc3ccc(SC)cc3s2)c1.Cl. The van der Waals surface area contributed by atoms with Crippen molar-refractivity contribution in [3.05, 3.63) is 48.0 Å². The lowest BCUT2D eigenvalue weighted by atomic mass is 10.2. The maximum Gasteiger partial charge on any atom is 0.260 e. The maximum atomic E-state index is 13.4. The van der Waals surface area contributed by atoms with Crippen LogP contribution in [0.4, 0.5) is 5.13 Å². The summed E-state index contributed by atoms with van der Waals surface area (Å²) in [6.45, 7) is 3.50. The molecule has 0 aliphatic heterocycles. The van der Waals surface area contributed by atoms with Crippen LogP contribution in [0.5, 0.6) is 0 Å². The topological polar surface area (TPSA) is 36.4 Å². The van der Waals surface area contributed by atoms with Gasteiger partial charge in [-0.2, -0.15) is 0 Å². The largest absolute Gasteiger partial charge is 0.308 e. The van der Waals surface area contributed by atoms with Crippen molar-refractivity contribution in [3.63, 3.8) is 0 Å². The molecule has 1 heterocycles. The van der Waals surface area contributed by atoms with Crippen LogP contribution in [0.15, 0.2) is 52.3 Å². The average Bonchev–Trinajstić information content (AvgIpc) is 3.11. The van der Waals surface area contributed by atoms with E-state index < -0.39 is 0 Å². The summed E-state index contributed by atoms with van der Waals surface area (Å²) in [7, 11) is 4.04. The van der Waals surface area contributed by atoms with E-state index in [1.807, 2.05) is 43.3 Å². The average molecular weight is 468 g/mol. The third kappa shape index (κ3) is 6.12. The van der Waals surface area contributed by atoms with Crippen LogP contribution in [-0.2, 0) is 0 Å². The minimum Gasteiger partial charge on any atom is -0.308 e. The lowest BCUT2D eigenvalue weighted by Gasteiger charge is -2.22. The first-order chi connectivity index (χ1) is 13.5. The summed E-state index contributed by atoms with van der Waals surface area (Å²) in [5.74, 6) is 0.988. The highest BCUT2D eigenvalue weighted by Gasteiger charge is 2.22. The molecule has 4 nitrogen and oxygen atoms in total. The molecule has 0 aliphatic rings. The first kappa shape index (κ1) is 24.0. The first-order valence-corrected chi connectivity index (χ1v) is 12.2. The van der Waals surface area contributed by atoms with Crippen LogP contribution >= 0.6 is 47.3 Å². The van der Waals surface area contributed by atoms with Gasteiger partial charge < -0.3 is 4.90 Å². The number of fused-ring (bicyclic) bond motifs is 1. The van der Waals surface area contributed by atoms with E-state index in [0.717, 1.165) is 32.5 Å². The van der Waals surface area contributed by atoms with Gasteiger partial charge >= 0.3 is 0 Å². The number of thioether (sulfide) groups is 2. The summed E-state index contributed by atoms with van der Waals surface area (Å²) in [4.78, 5) is 24.4. The highest BCUT2D eigenvalue weighted by atomic mass is 35.5. The predicted octanol–water partition coefficient (Wildman–Crippen LogP) is 5.76. The summed E-state index contributed by atoms with van der Waals surface area (Å²) >= 11 is 5.04. The lowest BCUT2D eigenvalue weighted by Crippen LogP contribution is -2.36. The van der Waals surface area contributed by atoms with Crippen molar-refractivity contribution in [1.29, 1.82) is 0 Å². The van der Waals surface area contributed by atoms with Gasteiger partial charge in [0.25, 0.3) is 5.91 Å². The van der Waals surface area contributed by atoms with Gasteiger partial charge in [0.1, 0.15) is 0 Å². The third-order valence-corrected chi connectivity index (χ3v) is 6.87. The maximum absolute atomic E-state index is 13.4. The molecule has 8 heteroatoms. The number of halogens is 1. The zero-order valence-corrected chi connectivity index (χ0v) is 20.3. The first-order valence-electron chi connectivity index (χ1n) is 9.16. The molecule has 0 radical (unpaired) electrons. The van der Waals surface area contributed by atoms with Gasteiger partial charge in [-0.1, -0.05) is 24.3 Å². The molecule has 0 bridgehead atoms. The molecule has 0 saturated carbocycles. The van der Waals surface area contributed by atoms with Gasteiger partial charge in [-0.15, -0.1) is 35.9 Å². The molecule has 1 amide bonds. The van der Waals surface area contributed by atoms with Crippen molar-refractivity contribution in [2.75, 3.05) is 44.1 Å². The van der Waals surface area contributed by atoms with Gasteiger partial charge in [-0.25, -0.2) is 4.98 Å². The Balaban J connectivity index is 0.00000300. The van der Waals surface area contributed by atoms with Crippen LogP contribution in [0, 0.1) is 0 Å². The highest BCUT2D eigenvalue weighted by molar-refractivity contribution is 7.99. The van der Waals surface area contributed by atoms with Crippen LogP contribution in [0.25, 0.3) is 10.2 Å². The molecule has 0 fully saturated rings. The van der Waals surface area contributed by atoms with E-state index >= 15 is 0 Å². The van der Waals surface area contributed by atoms with Gasteiger partial charge in [0.15, 0.2) is 5.13 Å². The number of benzene rings is 2. The highest BCUT2D eigenvalue weighted by Crippen LogP contribution is 2.32. The summed E-state index contributed by atoms with van der Waals surface area (Å²) in [5, 5.41) is 0.758. The monoisotopic (exact) mass is 467 g/mol. The number of anilines is 1. The second-order valence-corrected chi connectivity index (χ2v) is 9.78. The van der Waals surface area contributed by atoms with E-state index in [-0.39, 0.29) is 18.3 Å². The standard InChI is InChI=1S/C21H25N3OS3.ClH/c1-5-27-17-8-6-7-15(13-17)20(25)24(12-11-23(2)3)21-22-18-10-9-16(26-4)14-19(18)28-21;/h6-10,13-14H,5,11-12H2,1-4H3;1H. The summed E-state index contributed by atoms with van der Waals surface area (Å²) in [6, 6.07) is 14.1. The molecule has 3 aromatic rings. The number of hydrogen-bond acceptors (Lipinski definition) is 6. The van der Waals surface area contributed by atoms with Gasteiger partial charge in [0, 0.05) is 28.4 Å². The number of aromatic nitrogens is 1. The van der Waals surface area contributed by atoms with Crippen LogP contribution in [0.2, 0.25) is 0 Å². The van der Waals surface area contributed by atoms with Crippen molar-refractivity contribution in [2.24, 2.45) is 0 Å². The van der Waals surface area contributed by atoms with Gasteiger partial charge in [-0.05, 0) is 62.5 Å². The van der Waals surface area contributed by atoms with Crippen LogP contribution in [-0.4, -0.2) is 55.0 Å². The number of nitrogens with zero attached hydrogens (tertiary/aromatic N) is 3. The zero-order valence-electron chi connectivity index (χ0n) is 17.0. The number of thiazole rings is 1. The van der Waals surface area contributed by atoms with Gasteiger partial charge in [0.05, 0.1) is 10.2 Å². The molecular weight excluding hydrogens is 442 g/mol. The van der Waals surface area contributed by atoms with Crippen LogP contribution in [0.3, 0.4) is 0 Å². The number of rotatable bonds is 8. The molecule has 0 saturated heterocycles. The number of likely N-dealkylation sites (N-methyl/N-ethyl adjacent to an activating group) is 1. The van der Waals surface area contributed by atoms with Gasteiger partial charge in [-0.3, -0.25) is 9.69 Å². The van der Waals surface area contributed by atoms with E-state index in [1.54, 1.807) is 34.9 Å². The molecule has 156 valence electrons. The number of hydrogen-bond donors (Lipinski definition) is 0. The minimum atomic E-state index is 0. The quantitative estimate of drug-likeness (QED) is 0.393. The Labute approximate surface area is 191 Å². The number of carbonyl (C=O) groups is 1. The van der Waals surface area contributed by atoms with Crippen molar-refractivity contribution < 1.29 is 4.79 Å². The fraction of sp³-hybridized carbons (Fsp3) is 0.333. The fourth-order valence-corrected chi connectivity index (χ4v) is 5.02. The van der Waals surface area contributed by atoms with Crippen molar-refractivity contribution in [1.82, 2.24) is 9.88 Å². The van der Waals surface area contributed by atoms with Gasteiger partial charge in [0.2, 0.25) is 0 Å². The zero-order chi connectivity index (χ0) is 20.1. The molecule has 0 spiro atoms. The van der Waals surface area contributed by atoms with Crippen molar-refractivity contribution >= 4 is 68.5 Å². The van der Waals surface area contributed by atoms with Crippen LogP contribution in [0.1, 0.15) is 17.3 Å². The molecule has 0 N–H and O–H groups in total. The van der Waals surface area contributed by atoms with Crippen molar-refractivity contribution in [2.45, 2.75) is 16.7 Å². The predicted molar refractivity (Wildman–Crippen MR) is 132 cm³/mol.